The summed E-state index contributed by atoms with van der Waals surface area (Å²) in [7, 11) is 2.18. The highest BCUT2D eigenvalue weighted by Gasteiger charge is 2.54. The Morgan fingerprint density at radius 2 is 1.95 bits per heavy atom. The summed E-state index contributed by atoms with van der Waals surface area (Å²) in [6.45, 7) is 5.96. The fraction of sp³-hybridized carbons (Fsp3) is 0.452. The molecule has 2 saturated carbocycles. The summed E-state index contributed by atoms with van der Waals surface area (Å²) in [5.41, 5.74) is 1.81. The number of likely N-dealkylation sites (tertiary alicyclic amines) is 2. The highest BCUT2D eigenvalue weighted by atomic mass is 35.5. The number of aromatic nitrogens is 2. The van der Waals surface area contributed by atoms with Gasteiger partial charge in [0.25, 0.3) is 0 Å². The summed E-state index contributed by atoms with van der Waals surface area (Å²) < 4.78 is 20.0. The zero-order valence-electron chi connectivity index (χ0n) is 23.0. The fourth-order valence-electron chi connectivity index (χ4n) is 6.83. The van der Waals surface area contributed by atoms with E-state index in [1.54, 1.807) is 12.1 Å². The van der Waals surface area contributed by atoms with Crippen LogP contribution >= 0.6 is 11.6 Å². The lowest BCUT2D eigenvalue weighted by atomic mass is 10.1. The zero-order valence-corrected chi connectivity index (χ0v) is 23.8. The molecule has 10 heteroatoms. The van der Waals surface area contributed by atoms with Crippen LogP contribution in [0.3, 0.4) is 0 Å². The second kappa shape index (κ2) is 10.9. The predicted octanol–water partition coefficient (Wildman–Crippen LogP) is 5.19. The van der Waals surface area contributed by atoms with Crippen LogP contribution in [-0.4, -0.2) is 72.1 Å². The standard InChI is InChI=1S/C31H34ClFN6O2/c1-38-15-23-21(24(23)16-38)6-8-41-29-12-27-22(31(35-17-34-27)36-20-4-5-26(33)25(32)10-20)11-28(29)37-30(40)3-2-7-39-13-18-9-19(18)14-39/h2-5,10-12,17-19,21,23-24H,6-9,13-16H2,1H3,(H,37,40)(H,34,35,36)/b3-2+/t18?,19?,21?,23-,24+. The number of hydrogen-bond acceptors (Lipinski definition) is 7. The van der Waals surface area contributed by atoms with Gasteiger partial charge in [0.15, 0.2) is 0 Å². The van der Waals surface area contributed by atoms with Crippen molar-refractivity contribution in [2.45, 2.75) is 12.8 Å². The lowest BCUT2D eigenvalue weighted by molar-refractivity contribution is -0.111. The first-order valence-electron chi connectivity index (χ1n) is 14.4. The zero-order chi connectivity index (χ0) is 28.1. The summed E-state index contributed by atoms with van der Waals surface area (Å²) in [6, 6.07) is 8.07. The van der Waals surface area contributed by atoms with Crippen molar-refractivity contribution >= 4 is 45.6 Å². The van der Waals surface area contributed by atoms with E-state index in [9.17, 15) is 9.18 Å². The first kappa shape index (κ1) is 26.6. The topological polar surface area (TPSA) is 82.6 Å². The van der Waals surface area contributed by atoms with Gasteiger partial charge in [0, 0.05) is 55.9 Å². The van der Waals surface area contributed by atoms with Gasteiger partial charge in [0.1, 0.15) is 23.7 Å². The minimum atomic E-state index is -0.493. The maximum absolute atomic E-state index is 13.7. The van der Waals surface area contributed by atoms with Crippen LogP contribution in [0, 0.1) is 35.4 Å². The van der Waals surface area contributed by atoms with E-state index in [0.717, 1.165) is 49.7 Å². The molecule has 2 aliphatic carbocycles. The number of nitrogens with zero attached hydrogens (tertiary/aromatic N) is 4. The number of benzene rings is 2. The van der Waals surface area contributed by atoms with Gasteiger partial charge >= 0.3 is 0 Å². The number of carbonyl (C=O) groups excluding carboxylic acids is 1. The van der Waals surface area contributed by atoms with E-state index in [0.29, 0.717) is 46.4 Å². The highest BCUT2D eigenvalue weighted by molar-refractivity contribution is 6.31. The van der Waals surface area contributed by atoms with Gasteiger partial charge in [0.05, 0.1) is 22.8 Å². The van der Waals surface area contributed by atoms with Crippen molar-refractivity contribution in [3.05, 3.63) is 59.7 Å². The molecule has 41 heavy (non-hydrogen) atoms. The molecule has 2 aromatic carbocycles. The molecule has 3 aromatic rings. The molecular formula is C31H34ClFN6O2. The summed E-state index contributed by atoms with van der Waals surface area (Å²) >= 11 is 5.98. The Balaban J connectivity index is 1.09. The maximum atomic E-state index is 13.7. The van der Waals surface area contributed by atoms with E-state index >= 15 is 0 Å². The van der Waals surface area contributed by atoms with Gasteiger partial charge in [0.2, 0.25) is 5.91 Å². The second-order valence-electron chi connectivity index (χ2n) is 12.1. The van der Waals surface area contributed by atoms with E-state index in [1.165, 1.54) is 38.0 Å². The molecule has 2 N–H and O–H groups in total. The minimum Gasteiger partial charge on any atom is -0.491 e. The number of hydrogen-bond donors (Lipinski definition) is 2. The van der Waals surface area contributed by atoms with E-state index < -0.39 is 5.82 Å². The average molecular weight is 577 g/mol. The SMILES string of the molecule is CN1C[C@@H]2C(CCOc3cc4ncnc(Nc5ccc(F)c(Cl)c5)c4cc3NC(=O)/C=C/CN3CC4CC4C3)[C@@H]2C1. The number of nitrogens with one attached hydrogen (secondary N) is 2. The average Bonchev–Trinajstić information content (AvgIpc) is 3.71. The smallest absolute Gasteiger partial charge is 0.248 e. The van der Waals surface area contributed by atoms with E-state index in [2.05, 4.69) is 37.4 Å². The maximum Gasteiger partial charge on any atom is 0.248 e. The number of fused-ring (bicyclic) bond motifs is 3. The van der Waals surface area contributed by atoms with Gasteiger partial charge in [-0.15, -0.1) is 0 Å². The van der Waals surface area contributed by atoms with E-state index in [4.69, 9.17) is 16.3 Å². The molecule has 4 fully saturated rings. The molecule has 8 nitrogen and oxygen atoms in total. The Kier molecular flexibility index (Phi) is 7.05. The van der Waals surface area contributed by atoms with Crippen LogP contribution in [-0.2, 0) is 4.79 Å². The lowest BCUT2D eigenvalue weighted by Gasteiger charge is -2.16. The van der Waals surface area contributed by atoms with Gasteiger partial charge in [-0.2, -0.15) is 0 Å². The molecule has 2 aliphatic heterocycles. The molecule has 214 valence electrons. The molecule has 3 unspecified atom stereocenters. The van der Waals surface area contributed by atoms with Crippen molar-refractivity contribution < 1.29 is 13.9 Å². The number of amides is 1. The quantitative estimate of drug-likeness (QED) is 0.321. The molecule has 0 radical (unpaired) electrons. The van der Waals surface area contributed by atoms with Crippen molar-refractivity contribution in [3.63, 3.8) is 0 Å². The Morgan fingerprint density at radius 1 is 1.15 bits per heavy atom. The van der Waals surface area contributed by atoms with Crippen LogP contribution in [0.2, 0.25) is 5.02 Å². The van der Waals surface area contributed by atoms with Crippen LogP contribution in [0.1, 0.15) is 12.8 Å². The Labute approximate surface area is 243 Å². The Bertz CT molecular complexity index is 1500. The second-order valence-corrected chi connectivity index (χ2v) is 12.5. The van der Waals surface area contributed by atoms with Crippen LogP contribution in [0.4, 0.5) is 21.6 Å². The molecule has 3 heterocycles. The van der Waals surface area contributed by atoms with Gasteiger partial charge in [-0.3, -0.25) is 9.69 Å². The van der Waals surface area contributed by atoms with Crippen LogP contribution in [0.5, 0.6) is 5.75 Å². The molecule has 1 aromatic heterocycles. The third kappa shape index (κ3) is 5.76. The van der Waals surface area contributed by atoms with E-state index in [1.807, 2.05) is 18.2 Å². The summed E-state index contributed by atoms with van der Waals surface area (Å²) in [5.74, 6) is 4.39. The molecular weight excluding hydrogens is 543 g/mol. The third-order valence-electron chi connectivity index (χ3n) is 9.13. The number of halogens is 2. The number of rotatable bonds is 10. The molecule has 7 rings (SSSR count). The molecule has 5 atom stereocenters. The first-order chi connectivity index (χ1) is 19.9. The minimum absolute atomic E-state index is 0.0150. The van der Waals surface area contributed by atoms with Gasteiger partial charge in [-0.1, -0.05) is 17.7 Å². The molecule has 2 saturated heterocycles. The van der Waals surface area contributed by atoms with Crippen molar-refractivity contribution in [2.75, 3.05) is 57.0 Å². The van der Waals surface area contributed by atoms with Crippen LogP contribution in [0.25, 0.3) is 10.9 Å². The monoisotopic (exact) mass is 576 g/mol. The van der Waals surface area contributed by atoms with Crippen molar-refractivity contribution in [1.29, 1.82) is 0 Å². The number of carbonyl (C=O) groups is 1. The first-order valence-corrected chi connectivity index (χ1v) is 14.8. The summed E-state index contributed by atoms with van der Waals surface area (Å²) in [5, 5.41) is 6.93. The number of ether oxygens (including phenoxy) is 1. The number of anilines is 3. The Morgan fingerprint density at radius 3 is 2.73 bits per heavy atom. The van der Waals surface area contributed by atoms with Crippen LogP contribution < -0.4 is 15.4 Å². The largest absolute Gasteiger partial charge is 0.491 e. The summed E-state index contributed by atoms with van der Waals surface area (Å²) in [4.78, 5) is 26.6. The normalized spacial score (nSPS) is 26.8. The predicted molar refractivity (Wildman–Crippen MR) is 158 cm³/mol. The van der Waals surface area contributed by atoms with Crippen LogP contribution in [0.15, 0.2) is 48.8 Å². The van der Waals surface area contributed by atoms with Gasteiger partial charge in [-0.25, -0.2) is 14.4 Å². The molecule has 0 spiro atoms. The fourth-order valence-corrected chi connectivity index (χ4v) is 7.01. The molecule has 1 amide bonds. The van der Waals surface area contributed by atoms with Crippen molar-refractivity contribution in [1.82, 2.24) is 19.8 Å². The Hall–Kier alpha value is -3.27. The van der Waals surface area contributed by atoms with Crippen molar-refractivity contribution in [3.8, 4) is 5.75 Å². The highest BCUT2D eigenvalue weighted by Crippen LogP contribution is 2.53. The molecule has 4 aliphatic rings. The van der Waals surface area contributed by atoms with Gasteiger partial charge in [-0.05, 0) is 73.7 Å². The lowest BCUT2D eigenvalue weighted by Crippen LogP contribution is -2.23. The van der Waals surface area contributed by atoms with Gasteiger partial charge < -0.3 is 20.3 Å². The third-order valence-corrected chi connectivity index (χ3v) is 9.42. The summed E-state index contributed by atoms with van der Waals surface area (Å²) in [6.07, 6.45) is 7.35. The number of piperidine rings is 2. The molecule has 0 bridgehead atoms. The van der Waals surface area contributed by atoms with E-state index in [-0.39, 0.29) is 10.9 Å². The van der Waals surface area contributed by atoms with Crippen molar-refractivity contribution in [2.24, 2.45) is 29.6 Å².